The molecule has 2 atom stereocenters. The van der Waals surface area contributed by atoms with E-state index < -0.39 is 12.0 Å². The first-order chi connectivity index (χ1) is 17.0. The third kappa shape index (κ3) is 7.11. The molecule has 0 aliphatic carbocycles. The number of hydrogen-bond donors (Lipinski definition) is 3. The first kappa shape index (κ1) is 25.3. The molecular formula is C26H34N4O4S. The molecular weight excluding hydrogens is 464 g/mol. The maximum atomic E-state index is 13.1. The number of likely N-dealkylation sites (tertiary alicyclic amines) is 1. The maximum absolute atomic E-state index is 13.1. The number of carbonyl (C=O) groups excluding carboxylic acids is 2. The van der Waals surface area contributed by atoms with Crippen molar-refractivity contribution in [2.45, 2.75) is 51.0 Å². The Kier molecular flexibility index (Phi) is 8.87. The van der Waals surface area contributed by atoms with Crippen molar-refractivity contribution in [2.24, 2.45) is 11.8 Å². The average molecular weight is 499 g/mol. The molecule has 0 radical (unpaired) electrons. The number of amides is 2. The van der Waals surface area contributed by atoms with E-state index in [1.165, 1.54) is 0 Å². The highest BCUT2D eigenvalue weighted by Gasteiger charge is 2.30. The summed E-state index contributed by atoms with van der Waals surface area (Å²) in [4.78, 5) is 43.7. The van der Waals surface area contributed by atoms with Crippen molar-refractivity contribution in [3.63, 3.8) is 0 Å². The van der Waals surface area contributed by atoms with Gasteiger partial charge in [-0.1, -0.05) is 6.07 Å². The largest absolute Gasteiger partial charge is 0.481 e. The number of carboxylic acids is 1. The molecule has 4 heterocycles. The third-order valence-corrected chi connectivity index (χ3v) is 7.75. The molecule has 0 bridgehead atoms. The van der Waals surface area contributed by atoms with Crippen LogP contribution in [0.1, 0.15) is 56.6 Å². The van der Waals surface area contributed by atoms with Crippen LogP contribution in [0.4, 0.5) is 0 Å². The number of pyridine rings is 1. The van der Waals surface area contributed by atoms with Crippen molar-refractivity contribution in [3.8, 4) is 11.3 Å². The van der Waals surface area contributed by atoms with Gasteiger partial charge >= 0.3 is 5.97 Å². The lowest BCUT2D eigenvalue weighted by atomic mass is 9.92. The third-order valence-electron chi connectivity index (χ3n) is 7.07. The van der Waals surface area contributed by atoms with Gasteiger partial charge in [-0.25, -0.2) is 0 Å². The molecule has 0 saturated carbocycles. The minimum absolute atomic E-state index is 0.122. The summed E-state index contributed by atoms with van der Waals surface area (Å²) in [5.74, 6) is -0.803. The van der Waals surface area contributed by atoms with Crippen LogP contribution in [-0.4, -0.2) is 59.0 Å². The minimum Gasteiger partial charge on any atom is -0.481 e. The van der Waals surface area contributed by atoms with Crippen molar-refractivity contribution in [1.82, 2.24) is 20.5 Å². The molecule has 35 heavy (non-hydrogen) atoms. The number of piperidine rings is 2. The van der Waals surface area contributed by atoms with E-state index >= 15 is 0 Å². The molecule has 2 aromatic rings. The molecule has 188 valence electrons. The number of carbonyl (C=O) groups is 3. The Morgan fingerprint density at radius 2 is 2.03 bits per heavy atom. The summed E-state index contributed by atoms with van der Waals surface area (Å²) >= 11 is 1.58. The molecule has 4 rings (SSSR count). The first-order valence-corrected chi connectivity index (χ1v) is 13.4. The number of aliphatic carboxylic acids is 1. The molecule has 0 spiro atoms. The zero-order valence-electron chi connectivity index (χ0n) is 19.9. The monoisotopic (exact) mass is 498 g/mol. The second-order valence-electron chi connectivity index (χ2n) is 9.56. The number of nitrogens with zero attached hydrogens (tertiary/aromatic N) is 2. The second-order valence-corrected chi connectivity index (χ2v) is 10.3. The Balaban J connectivity index is 1.34. The predicted octanol–water partition coefficient (Wildman–Crippen LogP) is 3.46. The van der Waals surface area contributed by atoms with Gasteiger partial charge in [0.2, 0.25) is 11.8 Å². The van der Waals surface area contributed by atoms with E-state index in [-0.39, 0.29) is 24.2 Å². The van der Waals surface area contributed by atoms with E-state index in [1.54, 1.807) is 17.5 Å². The molecule has 2 aliphatic rings. The van der Waals surface area contributed by atoms with Crippen LogP contribution in [0.3, 0.4) is 0 Å². The van der Waals surface area contributed by atoms with E-state index in [9.17, 15) is 19.5 Å². The quantitative estimate of drug-likeness (QED) is 0.488. The standard InChI is InChI=1S/C26H34N4O4S/c31-24(6-3-18-7-10-27-11-8-18)30-12-1-2-20(16-30)26(34)29-23(14-25(32)33)19-4-5-22(28-15-19)21-9-13-35-17-21/h4-5,9,13,15,17-18,20,23,27H,1-3,6-8,10-12,14,16H2,(H,29,34)(H,32,33)/t20-,23+/m1/s1. The Morgan fingerprint density at radius 1 is 1.20 bits per heavy atom. The van der Waals surface area contributed by atoms with Crippen LogP contribution >= 0.6 is 11.3 Å². The Morgan fingerprint density at radius 3 is 2.71 bits per heavy atom. The summed E-state index contributed by atoms with van der Waals surface area (Å²) < 4.78 is 0. The van der Waals surface area contributed by atoms with Gasteiger partial charge in [0.15, 0.2) is 0 Å². The summed E-state index contributed by atoms with van der Waals surface area (Å²) in [6, 6.07) is 4.98. The number of thiophene rings is 1. The van der Waals surface area contributed by atoms with E-state index in [0.717, 1.165) is 50.0 Å². The molecule has 2 amide bonds. The lowest BCUT2D eigenvalue weighted by Gasteiger charge is -2.33. The number of rotatable bonds is 9. The fourth-order valence-corrected chi connectivity index (χ4v) is 5.63. The van der Waals surface area contributed by atoms with E-state index in [4.69, 9.17) is 0 Å². The van der Waals surface area contributed by atoms with E-state index in [1.807, 2.05) is 33.9 Å². The lowest BCUT2D eigenvalue weighted by Crippen LogP contribution is -2.46. The zero-order valence-corrected chi connectivity index (χ0v) is 20.8. The van der Waals surface area contributed by atoms with Gasteiger partial charge in [0.05, 0.1) is 24.1 Å². The van der Waals surface area contributed by atoms with Crippen molar-refractivity contribution < 1.29 is 19.5 Å². The molecule has 8 nitrogen and oxygen atoms in total. The van der Waals surface area contributed by atoms with Crippen molar-refractivity contribution >= 4 is 29.1 Å². The first-order valence-electron chi connectivity index (χ1n) is 12.5. The molecule has 2 fully saturated rings. The second kappa shape index (κ2) is 12.3. The Bertz CT molecular complexity index is 989. The average Bonchev–Trinajstić information content (AvgIpc) is 3.42. The predicted molar refractivity (Wildman–Crippen MR) is 135 cm³/mol. The van der Waals surface area contributed by atoms with Crippen LogP contribution in [-0.2, 0) is 14.4 Å². The van der Waals surface area contributed by atoms with Crippen LogP contribution in [0, 0.1) is 11.8 Å². The number of nitrogens with one attached hydrogen (secondary N) is 2. The SMILES string of the molecule is O=C(O)C[C@H](NC(=O)[C@@H]1CCCN(C(=O)CCC2CCNCC2)C1)c1ccc(-c2ccsc2)nc1. The molecule has 9 heteroatoms. The summed E-state index contributed by atoms with van der Waals surface area (Å²) in [7, 11) is 0. The molecule has 2 saturated heterocycles. The normalized spacial score (nSPS) is 19.8. The maximum Gasteiger partial charge on any atom is 0.305 e. The molecule has 0 unspecified atom stereocenters. The zero-order chi connectivity index (χ0) is 24.6. The van der Waals surface area contributed by atoms with Gasteiger partial charge < -0.3 is 20.6 Å². The summed E-state index contributed by atoms with van der Waals surface area (Å²) in [5.41, 5.74) is 2.47. The van der Waals surface area contributed by atoms with Gasteiger partial charge in [-0.2, -0.15) is 11.3 Å². The topological polar surface area (TPSA) is 112 Å². The molecule has 0 aromatic carbocycles. The van der Waals surface area contributed by atoms with Crippen LogP contribution in [0.25, 0.3) is 11.3 Å². The fraction of sp³-hybridized carbons (Fsp3) is 0.538. The lowest BCUT2D eigenvalue weighted by molar-refractivity contribution is -0.138. The Hall–Kier alpha value is -2.78. The van der Waals surface area contributed by atoms with Crippen molar-refractivity contribution in [3.05, 3.63) is 40.7 Å². The van der Waals surface area contributed by atoms with Crippen LogP contribution in [0.15, 0.2) is 35.2 Å². The number of hydrogen-bond acceptors (Lipinski definition) is 6. The van der Waals surface area contributed by atoms with Crippen LogP contribution in [0.2, 0.25) is 0 Å². The molecule has 2 aromatic heterocycles. The Labute approximate surface area is 210 Å². The highest BCUT2D eigenvalue weighted by Crippen LogP contribution is 2.25. The van der Waals surface area contributed by atoms with Gasteiger partial charge in [-0.05, 0) is 74.2 Å². The van der Waals surface area contributed by atoms with Gasteiger partial charge in [-0.15, -0.1) is 0 Å². The molecule has 3 N–H and O–H groups in total. The highest BCUT2D eigenvalue weighted by molar-refractivity contribution is 7.08. The minimum atomic E-state index is -0.990. The van der Waals surface area contributed by atoms with Gasteiger partial charge in [0, 0.05) is 36.7 Å². The smallest absolute Gasteiger partial charge is 0.305 e. The van der Waals surface area contributed by atoms with E-state index in [0.29, 0.717) is 37.4 Å². The summed E-state index contributed by atoms with van der Waals surface area (Å²) in [5, 5.41) is 19.7. The van der Waals surface area contributed by atoms with Crippen LogP contribution < -0.4 is 10.6 Å². The van der Waals surface area contributed by atoms with Crippen LogP contribution in [0.5, 0.6) is 0 Å². The van der Waals surface area contributed by atoms with Gasteiger partial charge in [0.1, 0.15) is 0 Å². The molecule has 2 aliphatic heterocycles. The summed E-state index contributed by atoms with van der Waals surface area (Å²) in [6.07, 6.45) is 6.55. The van der Waals surface area contributed by atoms with E-state index in [2.05, 4.69) is 15.6 Å². The van der Waals surface area contributed by atoms with Gasteiger partial charge in [-0.3, -0.25) is 19.4 Å². The fourth-order valence-electron chi connectivity index (χ4n) is 4.98. The van der Waals surface area contributed by atoms with Crippen molar-refractivity contribution in [2.75, 3.05) is 26.2 Å². The number of carboxylic acid groups (broad SMARTS) is 1. The van der Waals surface area contributed by atoms with Gasteiger partial charge in [0.25, 0.3) is 0 Å². The van der Waals surface area contributed by atoms with Crippen molar-refractivity contribution in [1.29, 1.82) is 0 Å². The summed E-state index contributed by atoms with van der Waals surface area (Å²) in [6.45, 7) is 3.12. The number of aromatic nitrogens is 1. The highest BCUT2D eigenvalue weighted by atomic mass is 32.1.